The molecule has 0 aromatic carbocycles. The van der Waals surface area contributed by atoms with E-state index in [1.807, 2.05) is 20.2 Å². The molecule has 1 fully saturated rings. The minimum absolute atomic E-state index is 0.835. The smallest absolute Gasteiger partial charge is 0.136 e. The predicted molar refractivity (Wildman–Crippen MR) is 74.8 cm³/mol. The summed E-state index contributed by atoms with van der Waals surface area (Å²) >= 11 is 0. The molecule has 1 aromatic heterocycles. The summed E-state index contributed by atoms with van der Waals surface area (Å²) < 4.78 is 0. The molecule has 100 valence electrons. The summed E-state index contributed by atoms with van der Waals surface area (Å²) in [6.45, 7) is 7.39. The number of nitrogens with one attached hydrogen (secondary N) is 1. The van der Waals surface area contributed by atoms with E-state index in [1.165, 1.54) is 24.8 Å². The second kappa shape index (κ2) is 6.14. The maximum absolute atomic E-state index is 4.66. The third kappa shape index (κ3) is 3.19. The van der Waals surface area contributed by atoms with E-state index in [4.69, 9.17) is 0 Å². The van der Waals surface area contributed by atoms with Gasteiger partial charge in [-0.15, -0.1) is 0 Å². The summed E-state index contributed by atoms with van der Waals surface area (Å²) in [7, 11) is 1.97. The molecule has 2 rings (SSSR count). The summed E-state index contributed by atoms with van der Waals surface area (Å²) in [5, 5.41) is 3.20. The molecule has 0 amide bonds. The first-order chi connectivity index (χ1) is 8.70. The van der Waals surface area contributed by atoms with Crippen molar-refractivity contribution in [3.8, 4) is 0 Å². The SMILES string of the molecule is CNCc1cnc(C)nc1N1CCCC(C)CC1. The minimum atomic E-state index is 0.835. The molecule has 0 saturated carbocycles. The molecule has 0 spiro atoms. The third-order valence-corrected chi connectivity index (χ3v) is 3.65. The Morgan fingerprint density at radius 3 is 3.00 bits per heavy atom. The van der Waals surface area contributed by atoms with Gasteiger partial charge in [0.15, 0.2) is 0 Å². The molecular weight excluding hydrogens is 224 g/mol. The van der Waals surface area contributed by atoms with Crippen LogP contribution in [0.5, 0.6) is 0 Å². The fraction of sp³-hybridized carbons (Fsp3) is 0.714. The molecular formula is C14H24N4. The lowest BCUT2D eigenvalue weighted by Crippen LogP contribution is -2.27. The number of hydrogen-bond donors (Lipinski definition) is 1. The van der Waals surface area contributed by atoms with Gasteiger partial charge in [0.1, 0.15) is 11.6 Å². The van der Waals surface area contributed by atoms with Crippen LogP contribution in [-0.4, -0.2) is 30.1 Å². The number of aromatic nitrogens is 2. The number of anilines is 1. The van der Waals surface area contributed by atoms with Gasteiger partial charge in [-0.05, 0) is 39.2 Å². The van der Waals surface area contributed by atoms with E-state index in [0.717, 1.165) is 37.2 Å². The fourth-order valence-corrected chi connectivity index (χ4v) is 2.55. The van der Waals surface area contributed by atoms with E-state index in [2.05, 4.69) is 27.1 Å². The van der Waals surface area contributed by atoms with Gasteiger partial charge in [-0.1, -0.05) is 6.92 Å². The largest absolute Gasteiger partial charge is 0.356 e. The predicted octanol–water partition coefficient (Wildman–Crippen LogP) is 2.13. The molecule has 0 bridgehead atoms. The molecule has 4 heteroatoms. The van der Waals surface area contributed by atoms with Crippen LogP contribution in [0.2, 0.25) is 0 Å². The molecule has 1 aliphatic heterocycles. The molecule has 2 heterocycles. The maximum Gasteiger partial charge on any atom is 0.136 e. The van der Waals surface area contributed by atoms with Gasteiger partial charge in [0.05, 0.1) is 0 Å². The highest BCUT2D eigenvalue weighted by Gasteiger charge is 2.18. The Morgan fingerprint density at radius 2 is 2.22 bits per heavy atom. The highest BCUT2D eigenvalue weighted by Crippen LogP contribution is 2.23. The van der Waals surface area contributed by atoms with Crippen molar-refractivity contribution < 1.29 is 0 Å². The average Bonchev–Trinajstić information content (AvgIpc) is 2.57. The van der Waals surface area contributed by atoms with Crippen molar-refractivity contribution in [2.75, 3.05) is 25.0 Å². The summed E-state index contributed by atoms with van der Waals surface area (Å²) in [4.78, 5) is 11.4. The number of aryl methyl sites for hydroxylation is 1. The Hall–Kier alpha value is -1.16. The first kappa shape index (κ1) is 13.3. The van der Waals surface area contributed by atoms with E-state index in [0.29, 0.717) is 0 Å². The topological polar surface area (TPSA) is 41.1 Å². The normalized spacial score (nSPS) is 20.8. The van der Waals surface area contributed by atoms with Crippen molar-refractivity contribution in [3.63, 3.8) is 0 Å². The molecule has 1 aliphatic rings. The van der Waals surface area contributed by atoms with Crippen LogP contribution in [0.3, 0.4) is 0 Å². The van der Waals surface area contributed by atoms with Gasteiger partial charge < -0.3 is 10.2 Å². The zero-order valence-electron chi connectivity index (χ0n) is 11.7. The van der Waals surface area contributed by atoms with Crippen molar-refractivity contribution >= 4 is 5.82 Å². The quantitative estimate of drug-likeness (QED) is 0.889. The lowest BCUT2D eigenvalue weighted by Gasteiger charge is -2.24. The number of rotatable bonds is 3. The molecule has 0 radical (unpaired) electrons. The van der Waals surface area contributed by atoms with Crippen molar-refractivity contribution in [1.29, 1.82) is 0 Å². The molecule has 1 atom stereocenters. The Labute approximate surface area is 110 Å². The lowest BCUT2D eigenvalue weighted by molar-refractivity contribution is 0.521. The van der Waals surface area contributed by atoms with Crippen molar-refractivity contribution in [2.45, 2.75) is 39.7 Å². The maximum atomic E-state index is 4.66. The van der Waals surface area contributed by atoms with Crippen molar-refractivity contribution in [1.82, 2.24) is 15.3 Å². The Kier molecular flexibility index (Phi) is 4.53. The van der Waals surface area contributed by atoms with Crippen LogP contribution in [-0.2, 0) is 6.54 Å². The highest BCUT2D eigenvalue weighted by molar-refractivity contribution is 5.46. The van der Waals surface area contributed by atoms with E-state index in [9.17, 15) is 0 Å². The minimum Gasteiger partial charge on any atom is -0.356 e. The summed E-state index contributed by atoms with van der Waals surface area (Å²) in [5.74, 6) is 2.83. The Bertz CT molecular complexity index is 391. The average molecular weight is 248 g/mol. The lowest BCUT2D eigenvalue weighted by atomic mass is 10.0. The second-order valence-corrected chi connectivity index (χ2v) is 5.32. The second-order valence-electron chi connectivity index (χ2n) is 5.32. The summed E-state index contributed by atoms with van der Waals surface area (Å²) in [6.07, 6.45) is 5.83. The van der Waals surface area contributed by atoms with Gasteiger partial charge in [-0.2, -0.15) is 0 Å². The van der Waals surface area contributed by atoms with Gasteiger partial charge in [0.2, 0.25) is 0 Å². The number of nitrogens with zero attached hydrogens (tertiary/aromatic N) is 3. The molecule has 1 N–H and O–H groups in total. The van der Waals surface area contributed by atoms with Gasteiger partial charge >= 0.3 is 0 Å². The molecule has 4 nitrogen and oxygen atoms in total. The van der Waals surface area contributed by atoms with Crippen LogP contribution in [0.1, 0.15) is 37.6 Å². The highest BCUT2D eigenvalue weighted by atomic mass is 15.2. The van der Waals surface area contributed by atoms with Gasteiger partial charge in [-0.3, -0.25) is 0 Å². The van der Waals surface area contributed by atoms with Gasteiger partial charge in [0.25, 0.3) is 0 Å². The van der Waals surface area contributed by atoms with Crippen molar-refractivity contribution in [3.05, 3.63) is 17.6 Å². The molecule has 0 aliphatic carbocycles. The van der Waals surface area contributed by atoms with Crippen LogP contribution >= 0.6 is 0 Å². The van der Waals surface area contributed by atoms with E-state index < -0.39 is 0 Å². The van der Waals surface area contributed by atoms with Gasteiger partial charge in [-0.25, -0.2) is 9.97 Å². The van der Waals surface area contributed by atoms with Crippen LogP contribution in [0.15, 0.2) is 6.20 Å². The van der Waals surface area contributed by atoms with E-state index in [-0.39, 0.29) is 0 Å². The van der Waals surface area contributed by atoms with Gasteiger partial charge in [0, 0.05) is 31.4 Å². The molecule has 1 saturated heterocycles. The van der Waals surface area contributed by atoms with Crippen LogP contribution in [0, 0.1) is 12.8 Å². The molecule has 1 unspecified atom stereocenters. The van der Waals surface area contributed by atoms with Crippen LogP contribution in [0.25, 0.3) is 0 Å². The monoisotopic (exact) mass is 248 g/mol. The number of hydrogen-bond acceptors (Lipinski definition) is 4. The van der Waals surface area contributed by atoms with Crippen LogP contribution in [0.4, 0.5) is 5.82 Å². The Balaban J connectivity index is 2.21. The zero-order chi connectivity index (χ0) is 13.0. The van der Waals surface area contributed by atoms with Crippen LogP contribution < -0.4 is 10.2 Å². The summed E-state index contributed by atoms with van der Waals surface area (Å²) in [6, 6.07) is 0. The van der Waals surface area contributed by atoms with Crippen molar-refractivity contribution in [2.24, 2.45) is 5.92 Å². The standard InChI is InChI=1S/C14H24N4/c1-11-5-4-7-18(8-6-11)14-13(9-15-3)10-16-12(2)17-14/h10-11,15H,4-9H2,1-3H3. The first-order valence-corrected chi connectivity index (χ1v) is 6.92. The third-order valence-electron chi connectivity index (χ3n) is 3.65. The van der Waals surface area contributed by atoms with E-state index in [1.54, 1.807) is 0 Å². The zero-order valence-corrected chi connectivity index (χ0v) is 11.7. The molecule has 1 aromatic rings. The summed E-state index contributed by atoms with van der Waals surface area (Å²) in [5.41, 5.74) is 1.21. The van der Waals surface area contributed by atoms with E-state index >= 15 is 0 Å². The Morgan fingerprint density at radius 1 is 1.39 bits per heavy atom. The fourth-order valence-electron chi connectivity index (χ4n) is 2.55. The molecule has 18 heavy (non-hydrogen) atoms. The first-order valence-electron chi connectivity index (χ1n) is 6.92.